The number of methoxy groups -OCH3 is 1. The minimum absolute atomic E-state index is 0.0294. The van der Waals surface area contributed by atoms with Crippen LogP contribution in [0, 0.1) is 5.92 Å². The maximum atomic E-state index is 12.4. The summed E-state index contributed by atoms with van der Waals surface area (Å²) in [6.45, 7) is 6.76. The van der Waals surface area contributed by atoms with E-state index < -0.39 is 6.04 Å². The van der Waals surface area contributed by atoms with Crippen LogP contribution >= 0.6 is 0 Å². The van der Waals surface area contributed by atoms with Crippen molar-refractivity contribution in [1.29, 1.82) is 0 Å². The fraction of sp³-hybridized carbons (Fsp3) is 0.529. The zero-order valence-electron chi connectivity index (χ0n) is 13.8. The van der Waals surface area contributed by atoms with E-state index in [0.29, 0.717) is 19.7 Å². The highest BCUT2D eigenvalue weighted by atomic mass is 16.5. The molecule has 0 aliphatic rings. The molecular formula is C17H26N2O3. The topological polar surface area (TPSA) is 58.6 Å². The molecule has 1 aromatic carbocycles. The number of nitrogens with zero attached hydrogens (tertiary/aromatic N) is 1. The number of hydrogen-bond donors (Lipinski definition) is 1. The van der Waals surface area contributed by atoms with Crippen molar-refractivity contribution >= 4 is 11.8 Å². The molecule has 0 saturated heterocycles. The van der Waals surface area contributed by atoms with Crippen molar-refractivity contribution < 1.29 is 14.3 Å². The molecule has 122 valence electrons. The number of carbonyl (C=O) groups is 2. The van der Waals surface area contributed by atoms with Gasteiger partial charge in [0.15, 0.2) is 0 Å². The van der Waals surface area contributed by atoms with Gasteiger partial charge in [-0.2, -0.15) is 0 Å². The first-order valence-electron chi connectivity index (χ1n) is 7.58. The third-order valence-electron chi connectivity index (χ3n) is 3.43. The van der Waals surface area contributed by atoms with E-state index in [0.717, 1.165) is 5.56 Å². The molecule has 1 rings (SSSR count). The first-order valence-corrected chi connectivity index (χ1v) is 7.58. The highest BCUT2D eigenvalue weighted by Gasteiger charge is 2.27. The zero-order valence-corrected chi connectivity index (χ0v) is 13.8. The van der Waals surface area contributed by atoms with Gasteiger partial charge in [0.25, 0.3) is 0 Å². The lowest BCUT2D eigenvalue weighted by atomic mass is 10.1. The van der Waals surface area contributed by atoms with Gasteiger partial charge >= 0.3 is 0 Å². The monoisotopic (exact) mass is 306 g/mol. The van der Waals surface area contributed by atoms with Gasteiger partial charge in [-0.15, -0.1) is 0 Å². The van der Waals surface area contributed by atoms with Crippen molar-refractivity contribution in [3.05, 3.63) is 35.9 Å². The van der Waals surface area contributed by atoms with Crippen molar-refractivity contribution in [2.75, 3.05) is 20.3 Å². The van der Waals surface area contributed by atoms with Crippen LogP contribution in [0.4, 0.5) is 0 Å². The second-order valence-corrected chi connectivity index (χ2v) is 5.57. The Morgan fingerprint density at radius 3 is 2.36 bits per heavy atom. The van der Waals surface area contributed by atoms with Crippen LogP contribution in [0.5, 0.6) is 0 Å². The van der Waals surface area contributed by atoms with Crippen molar-refractivity contribution in [3.63, 3.8) is 0 Å². The Bertz CT molecular complexity index is 474. The van der Waals surface area contributed by atoms with Gasteiger partial charge in [-0.3, -0.25) is 9.59 Å². The first kappa shape index (κ1) is 18.2. The molecule has 1 aromatic rings. The molecule has 22 heavy (non-hydrogen) atoms. The molecule has 0 aromatic heterocycles. The van der Waals surface area contributed by atoms with Crippen LogP contribution in [0.15, 0.2) is 30.3 Å². The molecule has 0 unspecified atom stereocenters. The largest absolute Gasteiger partial charge is 0.383 e. The molecule has 5 heteroatoms. The number of benzene rings is 1. The van der Waals surface area contributed by atoms with Crippen LogP contribution < -0.4 is 5.32 Å². The Hall–Kier alpha value is -1.88. The van der Waals surface area contributed by atoms with E-state index in [-0.39, 0.29) is 17.7 Å². The molecule has 5 nitrogen and oxygen atoms in total. The Morgan fingerprint density at radius 1 is 1.18 bits per heavy atom. The fourth-order valence-corrected chi connectivity index (χ4v) is 2.08. The highest BCUT2D eigenvalue weighted by Crippen LogP contribution is 2.13. The zero-order chi connectivity index (χ0) is 16.5. The van der Waals surface area contributed by atoms with Crippen LogP contribution in [0.2, 0.25) is 0 Å². The van der Waals surface area contributed by atoms with Crippen LogP contribution in [0.25, 0.3) is 0 Å². The maximum Gasteiger partial charge on any atom is 0.242 e. The summed E-state index contributed by atoms with van der Waals surface area (Å²) in [6, 6.07) is 9.17. The second-order valence-electron chi connectivity index (χ2n) is 5.57. The van der Waals surface area contributed by atoms with Crippen LogP contribution in [0.3, 0.4) is 0 Å². The predicted molar refractivity (Wildman–Crippen MR) is 86.2 cm³/mol. The summed E-state index contributed by atoms with van der Waals surface area (Å²) in [6.07, 6.45) is 0. The lowest BCUT2D eigenvalue weighted by Crippen LogP contribution is -2.49. The molecule has 0 aliphatic carbocycles. The van der Waals surface area contributed by atoms with Crippen LogP contribution in [-0.2, 0) is 20.9 Å². The molecule has 0 spiro atoms. The SMILES string of the molecule is COCCNC(=O)[C@H](C)N(Cc1ccccc1)C(=O)C(C)C. The Labute approximate surface area is 132 Å². The van der Waals surface area contributed by atoms with Gasteiger partial charge in [0.05, 0.1) is 6.61 Å². The van der Waals surface area contributed by atoms with E-state index in [1.807, 2.05) is 44.2 Å². The molecule has 1 N–H and O–H groups in total. The summed E-state index contributed by atoms with van der Waals surface area (Å²) < 4.78 is 4.92. The minimum atomic E-state index is -0.521. The molecule has 1 atom stereocenters. The molecule has 0 aliphatic heterocycles. The van der Waals surface area contributed by atoms with Gasteiger partial charge in [0.1, 0.15) is 6.04 Å². The summed E-state index contributed by atoms with van der Waals surface area (Å²) in [4.78, 5) is 26.3. The number of ether oxygens (including phenoxy) is 1. The van der Waals surface area contributed by atoms with Crippen molar-refractivity contribution in [2.24, 2.45) is 5.92 Å². The summed E-state index contributed by atoms with van der Waals surface area (Å²) in [5, 5.41) is 2.79. The van der Waals surface area contributed by atoms with Crippen molar-refractivity contribution in [3.8, 4) is 0 Å². The molecular weight excluding hydrogens is 280 g/mol. The molecule has 0 fully saturated rings. The average Bonchev–Trinajstić information content (AvgIpc) is 2.52. The summed E-state index contributed by atoms with van der Waals surface area (Å²) in [5.74, 6) is -0.349. The van der Waals surface area contributed by atoms with Crippen LogP contribution in [-0.4, -0.2) is 43.0 Å². The number of nitrogens with one attached hydrogen (secondary N) is 1. The molecule has 0 radical (unpaired) electrons. The smallest absolute Gasteiger partial charge is 0.242 e. The average molecular weight is 306 g/mol. The summed E-state index contributed by atoms with van der Waals surface area (Å²) in [5.41, 5.74) is 1.01. The van der Waals surface area contributed by atoms with E-state index in [1.165, 1.54) is 0 Å². The van der Waals surface area contributed by atoms with Gasteiger partial charge < -0.3 is 15.0 Å². The highest BCUT2D eigenvalue weighted by molar-refractivity contribution is 5.88. The first-order chi connectivity index (χ1) is 10.5. The number of amides is 2. The van der Waals surface area contributed by atoms with Crippen molar-refractivity contribution in [1.82, 2.24) is 10.2 Å². The van der Waals surface area contributed by atoms with Gasteiger partial charge in [0, 0.05) is 26.1 Å². The van der Waals surface area contributed by atoms with Crippen LogP contribution in [0.1, 0.15) is 26.3 Å². The minimum Gasteiger partial charge on any atom is -0.383 e. The van der Waals surface area contributed by atoms with Crippen molar-refractivity contribution in [2.45, 2.75) is 33.4 Å². The van der Waals surface area contributed by atoms with E-state index in [1.54, 1.807) is 18.9 Å². The van der Waals surface area contributed by atoms with E-state index in [9.17, 15) is 9.59 Å². The normalized spacial score (nSPS) is 12.0. The molecule has 0 saturated carbocycles. The number of rotatable bonds is 8. The van der Waals surface area contributed by atoms with E-state index in [4.69, 9.17) is 4.74 Å². The predicted octanol–water partition coefficient (Wildman–Crippen LogP) is 1.82. The number of carbonyl (C=O) groups excluding carboxylic acids is 2. The van der Waals surface area contributed by atoms with E-state index in [2.05, 4.69) is 5.32 Å². The molecule has 2 amide bonds. The third kappa shape index (κ3) is 5.48. The van der Waals surface area contributed by atoms with Gasteiger partial charge in [0.2, 0.25) is 11.8 Å². The third-order valence-corrected chi connectivity index (χ3v) is 3.43. The lowest BCUT2D eigenvalue weighted by molar-refractivity contribution is -0.143. The Morgan fingerprint density at radius 2 is 1.82 bits per heavy atom. The van der Waals surface area contributed by atoms with Gasteiger partial charge in [-0.25, -0.2) is 0 Å². The Balaban J connectivity index is 2.80. The second kappa shape index (κ2) is 9.20. The maximum absolute atomic E-state index is 12.4. The Kier molecular flexibility index (Phi) is 7.60. The summed E-state index contributed by atoms with van der Waals surface area (Å²) in [7, 11) is 1.58. The number of hydrogen-bond acceptors (Lipinski definition) is 3. The van der Waals surface area contributed by atoms with E-state index >= 15 is 0 Å². The quantitative estimate of drug-likeness (QED) is 0.745. The van der Waals surface area contributed by atoms with Gasteiger partial charge in [-0.05, 0) is 12.5 Å². The standard InChI is InChI=1S/C17H26N2O3/c1-13(2)17(21)19(12-15-8-6-5-7-9-15)14(3)16(20)18-10-11-22-4/h5-9,13-14H,10-12H2,1-4H3,(H,18,20)/t14-/m0/s1. The molecule has 0 bridgehead atoms. The summed E-state index contributed by atoms with van der Waals surface area (Å²) >= 11 is 0. The fourth-order valence-electron chi connectivity index (χ4n) is 2.08. The molecule has 0 heterocycles. The van der Waals surface area contributed by atoms with Gasteiger partial charge in [-0.1, -0.05) is 44.2 Å². The lowest BCUT2D eigenvalue weighted by Gasteiger charge is -2.30.